The van der Waals surface area contributed by atoms with Crippen molar-refractivity contribution in [2.45, 2.75) is 12.6 Å². The minimum atomic E-state index is -0.742. The molecule has 0 bridgehead atoms. The summed E-state index contributed by atoms with van der Waals surface area (Å²) in [5, 5.41) is 20.9. The van der Waals surface area contributed by atoms with E-state index in [2.05, 4.69) is 21.2 Å². The molecule has 102 valence electrons. The summed E-state index contributed by atoms with van der Waals surface area (Å²) < 4.78 is 11.3. The quantitative estimate of drug-likeness (QED) is 0.697. The van der Waals surface area contributed by atoms with Gasteiger partial charge >= 0.3 is 0 Å². The van der Waals surface area contributed by atoms with Crippen molar-refractivity contribution in [2.24, 2.45) is 0 Å². The molecule has 0 spiro atoms. The second-order valence-electron chi connectivity index (χ2n) is 3.78. The maximum absolute atomic E-state index is 9.21. The molecule has 18 heavy (non-hydrogen) atoms. The molecule has 1 unspecified atom stereocenters. The van der Waals surface area contributed by atoms with Gasteiger partial charge in [0.15, 0.2) is 11.5 Å². The lowest BCUT2D eigenvalue weighted by atomic mass is 10.2. The summed E-state index contributed by atoms with van der Waals surface area (Å²) in [5.74, 6) is 1.29. The van der Waals surface area contributed by atoms with E-state index in [0.29, 0.717) is 24.6 Å². The van der Waals surface area contributed by atoms with Gasteiger partial charge in [0.25, 0.3) is 0 Å². The van der Waals surface area contributed by atoms with Crippen LogP contribution < -0.4 is 14.8 Å². The second-order valence-corrected chi connectivity index (χ2v) is 4.63. The minimum Gasteiger partial charge on any atom is -0.493 e. The second kappa shape index (κ2) is 7.58. The number of hydrogen-bond acceptors (Lipinski definition) is 5. The molecule has 0 saturated carbocycles. The van der Waals surface area contributed by atoms with E-state index in [1.54, 1.807) is 14.2 Å². The molecule has 0 saturated heterocycles. The zero-order chi connectivity index (χ0) is 13.5. The van der Waals surface area contributed by atoms with Crippen LogP contribution in [0.15, 0.2) is 16.6 Å². The van der Waals surface area contributed by atoms with Crippen molar-refractivity contribution < 1.29 is 19.7 Å². The number of hydrogen-bond donors (Lipinski definition) is 3. The highest BCUT2D eigenvalue weighted by Crippen LogP contribution is 2.36. The van der Waals surface area contributed by atoms with E-state index in [0.717, 1.165) is 10.0 Å². The molecule has 1 atom stereocenters. The largest absolute Gasteiger partial charge is 0.493 e. The average Bonchev–Trinajstić information content (AvgIpc) is 2.37. The van der Waals surface area contributed by atoms with Crippen molar-refractivity contribution in [1.29, 1.82) is 0 Å². The number of benzene rings is 1. The highest BCUT2D eigenvalue weighted by Gasteiger charge is 2.10. The summed E-state index contributed by atoms with van der Waals surface area (Å²) in [6.07, 6.45) is -0.742. The van der Waals surface area contributed by atoms with Crippen LogP contribution in [0, 0.1) is 0 Å². The van der Waals surface area contributed by atoms with E-state index in [4.69, 9.17) is 14.6 Å². The molecule has 0 amide bonds. The summed E-state index contributed by atoms with van der Waals surface area (Å²) >= 11 is 3.41. The third kappa shape index (κ3) is 4.13. The Morgan fingerprint density at radius 3 is 2.61 bits per heavy atom. The van der Waals surface area contributed by atoms with Crippen molar-refractivity contribution in [3.8, 4) is 11.5 Å². The zero-order valence-electron chi connectivity index (χ0n) is 10.4. The molecule has 1 aromatic carbocycles. The van der Waals surface area contributed by atoms with Gasteiger partial charge in [0.2, 0.25) is 0 Å². The maximum atomic E-state index is 9.21. The SMILES string of the molecule is COc1cc(CNCC(O)CO)cc(Br)c1OC. The van der Waals surface area contributed by atoms with E-state index in [1.165, 1.54) is 0 Å². The van der Waals surface area contributed by atoms with Crippen molar-refractivity contribution in [3.63, 3.8) is 0 Å². The minimum absolute atomic E-state index is 0.247. The van der Waals surface area contributed by atoms with E-state index in [9.17, 15) is 5.11 Å². The van der Waals surface area contributed by atoms with E-state index in [-0.39, 0.29) is 6.61 Å². The molecule has 5 nitrogen and oxygen atoms in total. The fourth-order valence-electron chi connectivity index (χ4n) is 1.52. The Bertz CT molecular complexity index is 387. The van der Waals surface area contributed by atoms with E-state index in [1.807, 2.05) is 12.1 Å². The standard InChI is InChI=1S/C12H18BrNO4/c1-17-11-4-8(3-10(13)12(11)18-2)5-14-6-9(16)7-15/h3-4,9,14-16H,5-7H2,1-2H3. The number of methoxy groups -OCH3 is 2. The topological polar surface area (TPSA) is 71.0 Å². The molecular weight excluding hydrogens is 302 g/mol. The molecule has 0 radical (unpaired) electrons. The van der Waals surface area contributed by atoms with Gasteiger partial charge in [-0.25, -0.2) is 0 Å². The summed E-state index contributed by atoms with van der Waals surface area (Å²) in [6.45, 7) is 0.654. The van der Waals surface area contributed by atoms with Gasteiger partial charge < -0.3 is 25.0 Å². The molecule has 0 heterocycles. The molecule has 3 N–H and O–H groups in total. The lowest BCUT2D eigenvalue weighted by molar-refractivity contribution is 0.0942. The van der Waals surface area contributed by atoms with Gasteiger partial charge in [0, 0.05) is 13.1 Å². The highest BCUT2D eigenvalue weighted by molar-refractivity contribution is 9.10. The van der Waals surface area contributed by atoms with Crippen molar-refractivity contribution in [2.75, 3.05) is 27.4 Å². The molecule has 1 rings (SSSR count). The number of nitrogens with one attached hydrogen (secondary N) is 1. The molecule has 0 aliphatic carbocycles. The van der Waals surface area contributed by atoms with Crippen LogP contribution in [0.25, 0.3) is 0 Å². The number of ether oxygens (including phenoxy) is 2. The van der Waals surface area contributed by atoms with Crippen LogP contribution in [0.1, 0.15) is 5.56 Å². The van der Waals surface area contributed by atoms with Crippen molar-refractivity contribution in [1.82, 2.24) is 5.32 Å². The average molecular weight is 320 g/mol. The van der Waals surface area contributed by atoms with Crippen LogP contribution in [0.4, 0.5) is 0 Å². The Labute approximate surface area is 115 Å². The first-order valence-electron chi connectivity index (χ1n) is 5.52. The third-order valence-corrected chi connectivity index (χ3v) is 3.00. The van der Waals surface area contributed by atoms with E-state index >= 15 is 0 Å². The predicted molar refractivity (Wildman–Crippen MR) is 72.0 cm³/mol. The van der Waals surface area contributed by atoms with Gasteiger partial charge in [-0.15, -0.1) is 0 Å². The number of rotatable bonds is 7. The Hall–Kier alpha value is -0.820. The molecule has 1 aromatic rings. The maximum Gasteiger partial charge on any atom is 0.174 e. The van der Waals surface area contributed by atoms with Crippen LogP contribution in [-0.4, -0.2) is 43.7 Å². The normalized spacial score (nSPS) is 12.3. The first-order chi connectivity index (χ1) is 8.62. The Kier molecular flexibility index (Phi) is 6.42. The van der Waals surface area contributed by atoms with Crippen LogP contribution in [0.2, 0.25) is 0 Å². The molecule has 0 aliphatic rings. The lowest BCUT2D eigenvalue weighted by Gasteiger charge is -2.13. The Morgan fingerprint density at radius 1 is 1.33 bits per heavy atom. The summed E-state index contributed by atoms with van der Waals surface area (Å²) in [6, 6.07) is 3.78. The summed E-state index contributed by atoms with van der Waals surface area (Å²) in [5.41, 5.74) is 0.990. The van der Waals surface area contributed by atoms with Gasteiger partial charge in [-0.1, -0.05) is 0 Å². The number of aliphatic hydroxyl groups is 2. The van der Waals surface area contributed by atoms with Gasteiger partial charge in [0.1, 0.15) is 0 Å². The smallest absolute Gasteiger partial charge is 0.174 e. The first kappa shape index (κ1) is 15.2. The zero-order valence-corrected chi connectivity index (χ0v) is 12.0. The van der Waals surface area contributed by atoms with Gasteiger partial charge in [0.05, 0.1) is 31.4 Å². The molecule has 0 aromatic heterocycles. The van der Waals surface area contributed by atoms with Gasteiger partial charge in [-0.05, 0) is 33.6 Å². The van der Waals surface area contributed by atoms with Gasteiger partial charge in [-0.3, -0.25) is 0 Å². The van der Waals surface area contributed by atoms with Crippen molar-refractivity contribution >= 4 is 15.9 Å². The monoisotopic (exact) mass is 319 g/mol. The number of aliphatic hydroxyl groups excluding tert-OH is 2. The molecule has 6 heteroatoms. The third-order valence-electron chi connectivity index (χ3n) is 2.41. The van der Waals surface area contributed by atoms with Crippen LogP contribution >= 0.6 is 15.9 Å². The summed E-state index contributed by atoms with van der Waals surface area (Å²) in [4.78, 5) is 0. The van der Waals surface area contributed by atoms with Crippen LogP contribution in [0.3, 0.4) is 0 Å². The fraction of sp³-hybridized carbons (Fsp3) is 0.500. The molecule has 0 fully saturated rings. The van der Waals surface area contributed by atoms with Crippen molar-refractivity contribution in [3.05, 3.63) is 22.2 Å². The summed E-state index contributed by atoms with van der Waals surface area (Å²) in [7, 11) is 3.16. The fourth-order valence-corrected chi connectivity index (χ4v) is 2.17. The van der Waals surface area contributed by atoms with E-state index < -0.39 is 6.10 Å². The number of halogens is 1. The first-order valence-corrected chi connectivity index (χ1v) is 6.31. The Balaban J connectivity index is 2.69. The van der Waals surface area contributed by atoms with Crippen LogP contribution in [-0.2, 0) is 6.54 Å². The van der Waals surface area contributed by atoms with Gasteiger partial charge in [-0.2, -0.15) is 0 Å². The van der Waals surface area contributed by atoms with Crippen LogP contribution in [0.5, 0.6) is 11.5 Å². The highest BCUT2D eigenvalue weighted by atomic mass is 79.9. The predicted octanol–water partition coefficient (Wildman–Crippen LogP) is 0.909. The lowest BCUT2D eigenvalue weighted by Crippen LogP contribution is -2.28. The molecular formula is C12H18BrNO4. The molecule has 0 aliphatic heterocycles. The Morgan fingerprint density at radius 2 is 2.06 bits per heavy atom.